The topological polar surface area (TPSA) is 47.7 Å². The van der Waals surface area contributed by atoms with E-state index in [1.54, 1.807) is 0 Å². The number of likely N-dealkylation sites (N-methyl/N-ethyl adjacent to an activating group) is 1. The first kappa shape index (κ1) is 15.2. The maximum absolute atomic E-state index is 6.18. The molecule has 4 heteroatoms. The molecule has 0 aromatic heterocycles. The Morgan fingerprint density at radius 2 is 2.05 bits per heavy atom. The molecule has 4 atom stereocenters. The van der Waals surface area contributed by atoms with Gasteiger partial charge in [0.2, 0.25) is 0 Å². The average Bonchev–Trinajstić information content (AvgIpc) is 2.84. The lowest BCUT2D eigenvalue weighted by atomic mass is 9.80. The zero-order valence-corrected chi connectivity index (χ0v) is 12.9. The number of nitrogens with zero attached hydrogens (tertiary/aromatic N) is 1. The third-order valence-corrected chi connectivity index (χ3v) is 5.19. The first-order valence-electron chi connectivity index (χ1n) is 7.66. The highest BCUT2D eigenvalue weighted by molar-refractivity contribution is 5.00. The molecule has 2 saturated heterocycles. The Balaban J connectivity index is 2.12. The first-order chi connectivity index (χ1) is 9.00. The Morgan fingerprint density at radius 3 is 2.58 bits per heavy atom. The Hall–Kier alpha value is -0.160. The lowest BCUT2D eigenvalue weighted by molar-refractivity contribution is -0.0957. The van der Waals surface area contributed by atoms with Crippen molar-refractivity contribution in [3.05, 3.63) is 0 Å². The Kier molecular flexibility index (Phi) is 4.88. The van der Waals surface area contributed by atoms with Gasteiger partial charge in [0, 0.05) is 31.3 Å². The third-order valence-electron chi connectivity index (χ3n) is 5.19. The van der Waals surface area contributed by atoms with Gasteiger partial charge < -0.3 is 15.2 Å². The Bertz CT molecular complexity index is 298. The van der Waals surface area contributed by atoms with Crippen molar-refractivity contribution in [2.24, 2.45) is 11.7 Å². The molecular weight excluding hydrogens is 240 g/mol. The molecule has 0 bridgehead atoms. The van der Waals surface area contributed by atoms with E-state index in [9.17, 15) is 0 Å². The van der Waals surface area contributed by atoms with Crippen LogP contribution in [-0.4, -0.2) is 55.5 Å². The summed E-state index contributed by atoms with van der Waals surface area (Å²) in [7, 11) is 2.23. The first-order valence-corrected chi connectivity index (χ1v) is 7.66. The van der Waals surface area contributed by atoms with Crippen molar-refractivity contribution >= 4 is 0 Å². The molecule has 4 nitrogen and oxygen atoms in total. The summed E-state index contributed by atoms with van der Waals surface area (Å²) in [6.45, 7) is 9.06. The monoisotopic (exact) mass is 270 g/mol. The fourth-order valence-electron chi connectivity index (χ4n) is 3.59. The second kappa shape index (κ2) is 6.08. The van der Waals surface area contributed by atoms with Gasteiger partial charge in [-0.1, -0.05) is 13.8 Å². The van der Waals surface area contributed by atoms with Crippen molar-refractivity contribution in [3.63, 3.8) is 0 Å². The van der Waals surface area contributed by atoms with E-state index in [0.29, 0.717) is 30.7 Å². The lowest BCUT2D eigenvalue weighted by Gasteiger charge is -2.50. The molecule has 0 amide bonds. The molecule has 2 rings (SSSR count). The largest absolute Gasteiger partial charge is 0.378 e. The van der Waals surface area contributed by atoms with Gasteiger partial charge in [0.1, 0.15) is 0 Å². The predicted molar refractivity (Wildman–Crippen MR) is 77.2 cm³/mol. The highest BCUT2D eigenvalue weighted by Gasteiger charge is 2.44. The van der Waals surface area contributed by atoms with Crippen LogP contribution in [0.1, 0.15) is 40.0 Å². The van der Waals surface area contributed by atoms with E-state index in [-0.39, 0.29) is 5.54 Å². The van der Waals surface area contributed by atoms with Gasteiger partial charge in [0.25, 0.3) is 0 Å². The second-order valence-corrected chi connectivity index (χ2v) is 6.58. The van der Waals surface area contributed by atoms with Crippen molar-refractivity contribution < 1.29 is 9.47 Å². The fourth-order valence-corrected chi connectivity index (χ4v) is 3.59. The second-order valence-electron chi connectivity index (χ2n) is 6.58. The molecule has 2 aliphatic heterocycles. The Labute approximate surface area is 117 Å². The minimum absolute atomic E-state index is 0.0831. The van der Waals surface area contributed by atoms with Gasteiger partial charge >= 0.3 is 0 Å². The van der Waals surface area contributed by atoms with Crippen LogP contribution in [0.15, 0.2) is 0 Å². The fraction of sp³-hybridized carbons (Fsp3) is 1.00. The van der Waals surface area contributed by atoms with Gasteiger partial charge in [-0.15, -0.1) is 0 Å². The summed E-state index contributed by atoms with van der Waals surface area (Å²) in [5.74, 6) is 0.553. The van der Waals surface area contributed by atoms with Crippen LogP contribution in [0.5, 0.6) is 0 Å². The highest BCUT2D eigenvalue weighted by Crippen LogP contribution is 2.35. The van der Waals surface area contributed by atoms with Crippen LogP contribution in [0.2, 0.25) is 0 Å². The van der Waals surface area contributed by atoms with Crippen LogP contribution in [0.3, 0.4) is 0 Å². The quantitative estimate of drug-likeness (QED) is 0.843. The summed E-state index contributed by atoms with van der Waals surface area (Å²) in [6.07, 6.45) is 3.84. The number of hydrogen-bond acceptors (Lipinski definition) is 4. The third kappa shape index (κ3) is 2.97. The van der Waals surface area contributed by atoms with Crippen molar-refractivity contribution in [1.82, 2.24) is 4.90 Å². The average molecular weight is 270 g/mol. The molecule has 0 aromatic carbocycles. The van der Waals surface area contributed by atoms with Gasteiger partial charge in [0.05, 0.1) is 12.2 Å². The normalized spacial score (nSPS) is 40.3. The summed E-state index contributed by atoms with van der Waals surface area (Å²) < 4.78 is 11.7. The van der Waals surface area contributed by atoms with Crippen molar-refractivity contribution in [2.75, 3.05) is 26.8 Å². The van der Waals surface area contributed by atoms with E-state index in [4.69, 9.17) is 15.2 Å². The van der Waals surface area contributed by atoms with Crippen molar-refractivity contribution in [2.45, 2.75) is 63.8 Å². The van der Waals surface area contributed by atoms with E-state index in [0.717, 1.165) is 32.5 Å². The molecule has 19 heavy (non-hydrogen) atoms. The summed E-state index contributed by atoms with van der Waals surface area (Å²) in [4.78, 5) is 2.50. The highest BCUT2D eigenvalue weighted by atomic mass is 16.5. The minimum atomic E-state index is 0.0831. The van der Waals surface area contributed by atoms with Gasteiger partial charge in [-0.2, -0.15) is 0 Å². The molecule has 2 fully saturated rings. The summed E-state index contributed by atoms with van der Waals surface area (Å²) >= 11 is 0. The van der Waals surface area contributed by atoms with Gasteiger partial charge in [-0.25, -0.2) is 0 Å². The molecule has 0 spiro atoms. The summed E-state index contributed by atoms with van der Waals surface area (Å²) in [6, 6.07) is 0.495. The van der Waals surface area contributed by atoms with Gasteiger partial charge in [-0.3, -0.25) is 4.90 Å². The number of hydrogen-bond donors (Lipinski definition) is 1. The van der Waals surface area contributed by atoms with E-state index < -0.39 is 0 Å². The van der Waals surface area contributed by atoms with E-state index >= 15 is 0 Å². The van der Waals surface area contributed by atoms with Crippen LogP contribution in [0.25, 0.3) is 0 Å². The van der Waals surface area contributed by atoms with Crippen molar-refractivity contribution in [1.29, 1.82) is 0 Å². The molecule has 0 aliphatic carbocycles. The molecule has 4 unspecified atom stereocenters. The lowest BCUT2D eigenvalue weighted by Crippen LogP contribution is -2.61. The van der Waals surface area contributed by atoms with Crippen LogP contribution < -0.4 is 5.73 Å². The van der Waals surface area contributed by atoms with Crippen LogP contribution >= 0.6 is 0 Å². The van der Waals surface area contributed by atoms with Crippen molar-refractivity contribution in [3.8, 4) is 0 Å². The van der Waals surface area contributed by atoms with E-state index in [2.05, 4.69) is 32.7 Å². The number of ether oxygens (including phenoxy) is 2. The van der Waals surface area contributed by atoms with E-state index in [1.807, 2.05) is 0 Å². The predicted octanol–water partition coefficient (Wildman–Crippen LogP) is 1.63. The van der Waals surface area contributed by atoms with Gasteiger partial charge in [0.15, 0.2) is 0 Å². The minimum Gasteiger partial charge on any atom is -0.378 e. The van der Waals surface area contributed by atoms with Crippen LogP contribution in [-0.2, 0) is 9.47 Å². The molecular formula is C15H30N2O2. The number of nitrogens with two attached hydrogens (primary N) is 1. The molecule has 0 radical (unpaired) electrons. The SMILES string of the molecule is CC(C)C1CC(CN)(N(C)C2CCOC2C)CCO1. The zero-order valence-electron chi connectivity index (χ0n) is 12.9. The molecule has 2 heterocycles. The smallest absolute Gasteiger partial charge is 0.0703 e. The molecule has 2 N–H and O–H groups in total. The molecule has 2 aliphatic rings. The van der Waals surface area contributed by atoms with Crippen LogP contribution in [0.4, 0.5) is 0 Å². The molecule has 0 aromatic rings. The summed E-state index contributed by atoms with van der Waals surface area (Å²) in [5.41, 5.74) is 6.26. The number of rotatable bonds is 4. The molecule has 112 valence electrons. The zero-order chi connectivity index (χ0) is 14.0. The Morgan fingerprint density at radius 1 is 1.32 bits per heavy atom. The standard InChI is InChI=1S/C15H30N2O2/c1-11(2)14-9-15(10-16,6-8-19-14)17(4)13-5-7-18-12(13)3/h11-14H,5-10,16H2,1-4H3. The van der Waals surface area contributed by atoms with E-state index in [1.165, 1.54) is 0 Å². The maximum Gasteiger partial charge on any atom is 0.0703 e. The molecule has 0 saturated carbocycles. The van der Waals surface area contributed by atoms with Crippen LogP contribution in [0, 0.1) is 5.92 Å². The summed E-state index contributed by atoms with van der Waals surface area (Å²) in [5, 5.41) is 0. The maximum atomic E-state index is 6.18. The van der Waals surface area contributed by atoms with Gasteiger partial charge in [-0.05, 0) is 39.2 Å².